The Bertz CT molecular complexity index is 368. The number of carbonyl (C=O) groups is 1. The summed E-state index contributed by atoms with van der Waals surface area (Å²) < 4.78 is 1.09. The van der Waals surface area contributed by atoms with Crippen LogP contribution in [0, 0.1) is 0 Å². The first-order chi connectivity index (χ1) is 8.13. The number of hydrogen-bond acceptors (Lipinski definition) is 2. The average molecular weight is 299 g/mol. The van der Waals surface area contributed by atoms with Crippen LogP contribution in [0.4, 0.5) is 0 Å². The lowest BCUT2D eigenvalue weighted by Crippen LogP contribution is -2.23. The van der Waals surface area contributed by atoms with Crippen LogP contribution < -0.4 is 10.6 Å². The van der Waals surface area contributed by atoms with Gasteiger partial charge in [0, 0.05) is 24.0 Å². The zero-order valence-electron chi connectivity index (χ0n) is 10.3. The molecule has 0 aliphatic heterocycles. The highest BCUT2D eigenvalue weighted by atomic mass is 79.9. The van der Waals surface area contributed by atoms with Crippen LogP contribution in [0.15, 0.2) is 28.7 Å². The van der Waals surface area contributed by atoms with Crippen molar-refractivity contribution < 1.29 is 4.79 Å². The van der Waals surface area contributed by atoms with Crippen LogP contribution in [0.25, 0.3) is 0 Å². The third-order valence-corrected chi connectivity index (χ3v) is 3.15. The second-order valence-electron chi connectivity index (χ2n) is 4.01. The Hall–Kier alpha value is -0.870. The Balaban J connectivity index is 2.30. The molecule has 1 aromatic carbocycles. The van der Waals surface area contributed by atoms with Crippen molar-refractivity contribution in [3.05, 3.63) is 34.3 Å². The predicted octanol–water partition coefficient (Wildman–Crippen LogP) is 2.63. The lowest BCUT2D eigenvalue weighted by molar-refractivity contribution is -0.120. The van der Waals surface area contributed by atoms with Gasteiger partial charge < -0.3 is 10.6 Å². The molecule has 2 N–H and O–H groups in total. The second kappa shape index (κ2) is 7.45. The number of benzene rings is 1. The van der Waals surface area contributed by atoms with E-state index < -0.39 is 0 Å². The molecular formula is C13H19BrN2O. The Morgan fingerprint density at radius 2 is 2.24 bits per heavy atom. The first-order valence-corrected chi connectivity index (χ1v) is 6.62. The molecule has 0 aromatic heterocycles. The Morgan fingerprint density at radius 1 is 1.47 bits per heavy atom. The lowest BCUT2D eigenvalue weighted by Gasteiger charge is -2.14. The summed E-state index contributed by atoms with van der Waals surface area (Å²) in [7, 11) is 1.67. The highest BCUT2D eigenvalue weighted by Crippen LogP contribution is 2.17. The molecule has 0 radical (unpaired) electrons. The summed E-state index contributed by atoms with van der Waals surface area (Å²) in [4.78, 5) is 11.0. The van der Waals surface area contributed by atoms with Gasteiger partial charge in [0.15, 0.2) is 0 Å². The molecular weight excluding hydrogens is 280 g/mol. The Labute approximate surface area is 111 Å². The minimum Gasteiger partial charge on any atom is -0.359 e. The zero-order valence-corrected chi connectivity index (χ0v) is 11.9. The molecule has 1 atom stereocenters. The summed E-state index contributed by atoms with van der Waals surface area (Å²) >= 11 is 3.46. The third kappa shape index (κ3) is 5.33. The van der Waals surface area contributed by atoms with Crippen LogP contribution in [0.2, 0.25) is 0 Å². The second-order valence-corrected chi connectivity index (χ2v) is 4.92. The lowest BCUT2D eigenvalue weighted by atomic mass is 10.1. The van der Waals surface area contributed by atoms with Crippen molar-refractivity contribution >= 4 is 21.8 Å². The molecule has 1 rings (SSSR count). The van der Waals surface area contributed by atoms with Crippen LogP contribution in [0.1, 0.15) is 31.4 Å². The molecule has 0 spiro atoms. The molecule has 4 heteroatoms. The molecule has 0 fully saturated rings. The predicted molar refractivity (Wildman–Crippen MR) is 73.9 cm³/mol. The number of carbonyl (C=O) groups excluding carboxylic acids is 1. The van der Waals surface area contributed by atoms with Gasteiger partial charge in [-0.05, 0) is 37.6 Å². The average Bonchev–Trinajstić information content (AvgIpc) is 2.34. The summed E-state index contributed by atoms with van der Waals surface area (Å²) in [6.45, 7) is 2.97. The number of amides is 1. The monoisotopic (exact) mass is 298 g/mol. The third-order valence-electron chi connectivity index (χ3n) is 2.66. The SMILES string of the molecule is CNC(=O)CCCNC(C)c1cccc(Br)c1. The molecule has 0 aliphatic carbocycles. The molecule has 17 heavy (non-hydrogen) atoms. The van der Waals surface area contributed by atoms with E-state index in [1.807, 2.05) is 12.1 Å². The van der Waals surface area contributed by atoms with Crippen LogP contribution in [0.5, 0.6) is 0 Å². The van der Waals surface area contributed by atoms with Crippen molar-refractivity contribution in [3.63, 3.8) is 0 Å². The van der Waals surface area contributed by atoms with Crippen LogP contribution in [0.3, 0.4) is 0 Å². The highest BCUT2D eigenvalue weighted by Gasteiger charge is 2.05. The van der Waals surface area contributed by atoms with E-state index in [0.29, 0.717) is 12.5 Å². The van der Waals surface area contributed by atoms with Gasteiger partial charge in [-0.25, -0.2) is 0 Å². The van der Waals surface area contributed by atoms with E-state index in [9.17, 15) is 4.79 Å². The summed E-state index contributed by atoms with van der Waals surface area (Å²) in [6.07, 6.45) is 1.44. The van der Waals surface area contributed by atoms with E-state index in [1.54, 1.807) is 7.05 Å². The summed E-state index contributed by atoms with van der Waals surface area (Å²) in [6, 6.07) is 8.55. The normalized spacial score (nSPS) is 12.2. The highest BCUT2D eigenvalue weighted by molar-refractivity contribution is 9.10. The molecule has 1 aromatic rings. The quantitative estimate of drug-likeness (QED) is 0.793. The van der Waals surface area contributed by atoms with Crippen molar-refractivity contribution in [1.82, 2.24) is 10.6 Å². The molecule has 0 heterocycles. The minimum absolute atomic E-state index is 0.0990. The molecule has 1 amide bonds. The fourth-order valence-corrected chi connectivity index (χ4v) is 2.00. The number of hydrogen-bond donors (Lipinski definition) is 2. The topological polar surface area (TPSA) is 41.1 Å². The molecule has 0 aliphatic rings. The van der Waals surface area contributed by atoms with Crippen molar-refractivity contribution in [2.24, 2.45) is 0 Å². The van der Waals surface area contributed by atoms with Crippen LogP contribution in [-0.2, 0) is 4.79 Å². The van der Waals surface area contributed by atoms with Crippen LogP contribution >= 0.6 is 15.9 Å². The van der Waals surface area contributed by atoms with Gasteiger partial charge in [-0.2, -0.15) is 0 Å². The maximum Gasteiger partial charge on any atom is 0.219 e. The van der Waals surface area contributed by atoms with Crippen molar-refractivity contribution in [2.75, 3.05) is 13.6 Å². The standard InChI is InChI=1S/C13H19BrN2O/c1-10(11-5-3-6-12(14)9-11)16-8-4-7-13(17)15-2/h3,5-6,9-10,16H,4,7-8H2,1-2H3,(H,15,17). The molecule has 1 unspecified atom stereocenters. The summed E-state index contributed by atoms with van der Waals surface area (Å²) in [5.41, 5.74) is 1.25. The number of nitrogens with one attached hydrogen (secondary N) is 2. The van der Waals surface area contributed by atoms with Crippen molar-refractivity contribution in [2.45, 2.75) is 25.8 Å². The van der Waals surface area contributed by atoms with Gasteiger partial charge in [0.05, 0.1) is 0 Å². The van der Waals surface area contributed by atoms with Gasteiger partial charge in [-0.1, -0.05) is 28.1 Å². The van der Waals surface area contributed by atoms with Crippen LogP contribution in [-0.4, -0.2) is 19.5 Å². The van der Waals surface area contributed by atoms with Gasteiger partial charge in [-0.15, -0.1) is 0 Å². The first-order valence-electron chi connectivity index (χ1n) is 5.83. The van der Waals surface area contributed by atoms with Gasteiger partial charge in [-0.3, -0.25) is 4.79 Å². The summed E-state index contributed by atoms with van der Waals surface area (Å²) in [5, 5.41) is 6.02. The molecule has 0 saturated heterocycles. The fraction of sp³-hybridized carbons (Fsp3) is 0.462. The van der Waals surface area contributed by atoms with E-state index in [2.05, 4.69) is 45.6 Å². The Morgan fingerprint density at radius 3 is 2.88 bits per heavy atom. The number of rotatable bonds is 6. The summed E-state index contributed by atoms with van der Waals surface area (Å²) in [5.74, 6) is 0.0990. The molecule has 94 valence electrons. The molecule has 0 saturated carbocycles. The molecule has 3 nitrogen and oxygen atoms in total. The van der Waals surface area contributed by atoms with Gasteiger partial charge in [0.2, 0.25) is 5.91 Å². The van der Waals surface area contributed by atoms with E-state index in [4.69, 9.17) is 0 Å². The first kappa shape index (κ1) is 14.2. The number of halogens is 1. The fourth-order valence-electron chi connectivity index (χ4n) is 1.59. The van der Waals surface area contributed by atoms with Gasteiger partial charge >= 0.3 is 0 Å². The van der Waals surface area contributed by atoms with Crippen molar-refractivity contribution in [3.8, 4) is 0 Å². The smallest absolute Gasteiger partial charge is 0.219 e. The van der Waals surface area contributed by atoms with Crippen molar-refractivity contribution in [1.29, 1.82) is 0 Å². The maximum absolute atomic E-state index is 11.0. The van der Waals surface area contributed by atoms with E-state index >= 15 is 0 Å². The van der Waals surface area contributed by atoms with E-state index in [0.717, 1.165) is 17.4 Å². The molecule has 0 bridgehead atoms. The van der Waals surface area contributed by atoms with Gasteiger partial charge in [0.1, 0.15) is 0 Å². The minimum atomic E-state index is 0.0990. The largest absolute Gasteiger partial charge is 0.359 e. The van der Waals surface area contributed by atoms with E-state index in [-0.39, 0.29) is 5.91 Å². The maximum atomic E-state index is 11.0. The van der Waals surface area contributed by atoms with E-state index in [1.165, 1.54) is 5.56 Å². The zero-order chi connectivity index (χ0) is 12.7. The Kier molecular flexibility index (Phi) is 6.22. The van der Waals surface area contributed by atoms with Gasteiger partial charge in [0.25, 0.3) is 0 Å².